The Bertz CT molecular complexity index is 147. The third-order valence-corrected chi connectivity index (χ3v) is 1.58. The highest BCUT2D eigenvalue weighted by atomic mass is 16.4. The third kappa shape index (κ3) is 4.71. The van der Waals surface area contributed by atoms with Crippen molar-refractivity contribution in [3.8, 4) is 0 Å². The van der Waals surface area contributed by atoms with E-state index in [-0.39, 0.29) is 6.54 Å². The van der Waals surface area contributed by atoms with Crippen LogP contribution in [0.15, 0.2) is 0 Å². The Morgan fingerprint density at radius 2 is 2.08 bits per heavy atom. The highest BCUT2D eigenvalue weighted by Crippen LogP contribution is 2.00. The lowest BCUT2D eigenvalue weighted by molar-refractivity contribution is 0.167. The lowest BCUT2D eigenvalue weighted by Crippen LogP contribution is -2.28. The van der Waals surface area contributed by atoms with Crippen LogP contribution in [0, 0.1) is 0 Å². The summed E-state index contributed by atoms with van der Waals surface area (Å²) in [5, 5.41) is 8.39. The van der Waals surface area contributed by atoms with Gasteiger partial charge in [-0.05, 0) is 6.42 Å². The minimum Gasteiger partial charge on any atom is -0.465 e. The monoisotopic (exact) mass is 172 g/mol. The van der Waals surface area contributed by atoms with Gasteiger partial charge in [-0.3, -0.25) is 4.79 Å². The van der Waals surface area contributed by atoms with E-state index in [4.69, 9.17) is 5.11 Å². The number of carbonyl (C=O) groups excluding carboxylic acids is 1. The largest absolute Gasteiger partial charge is 0.465 e. The summed E-state index contributed by atoms with van der Waals surface area (Å²) in [6.07, 6.45) is 4.00. The second-order valence-corrected chi connectivity index (χ2v) is 2.59. The predicted molar refractivity (Wildman–Crippen MR) is 44.6 cm³/mol. The Morgan fingerprint density at radius 1 is 1.42 bits per heavy atom. The maximum Gasteiger partial charge on any atom is 0.414 e. The lowest BCUT2D eigenvalue weighted by Gasteiger charge is -2.08. The van der Waals surface area contributed by atoms with E-state index >= 15 is 0 Å². The van der Waals surface area contributed by atoms with Gasteiger partial charge in [0.15, 0.2) is 0 Å². The van der Waals surface area contributed by atoms with Crippen molar-refractivity contribution < 1.29 is 14.7 Å². The van der Waals surface area contributed by atoms with Crippen LogP contribution in [-0.4, -0.2) is 29.1 Å². The molecule has 0 atom stereocenters. The number of unbranched alkanes of at least 4 members (excludes halogenated alkanes) is 3. The van der Waals surface area contributed by atoms with Gasteiger partial charge in [-0.25, -0.2) is 9.69 Å². The molecule has 0 aromatic rings. The molecule has 1 radical (unpaired) electrons. The number of carboxylic acid groups (broad SMARTS) is 1. The van der Waals surface area contributed by atoms with E-state index in [0.29, 0.717) is 4.90 Å². The molecule has 4 heteroatoms. The van der Waals surface area contributed by atoms with Crippen molar-refractivity contribution in [2.75, 3.05) is 6.54 Å². The first kappa shape index (κ1) is 10.9. The maximum atomic E-state index is 10.3. The summed E-state index contributed by atoms with van der Waals surface area (Å²) in [6, 6.07) is 0. The second-order valence-electron chi connectivity index (χ2n) is 2.59. The van der Waals surface area contributed by atoms with Crippen molar-refractivity contribution in [1.82, 2.24) is 4.90 Å². The predicted octanol–water partition coefficient (Wildman–Crippen LogP) is 1.61. The first-order valence-corrected chi connectivity index (χ1v) is 4.10. The van der Waals surface area contributed by atoms with Gasteiger partial charge < -0.3 is 5.11 Å². The summed E-state index contributed by atoms with van der Waals surface area (Å²) in [5.41, 5.74) is 0. The molecule has 69 valence electrons. The first-order chi connectivity index (χ1) is 5.72. The van der Waals surface area contributed by atoms with Crippen molar-refractivity contribution >= 4 is 12.5 Å². The Labute approximate surface area is 72.2 Å². The summed E-state index contributed by atoms with van der Waals surface area (Å²) in [6.45, 7) is 2.33. The van der Waals surface area contributed by atoms with E-state index in [0.717, 1.165) is 25.7 Å². The molecule has 0 unspecified atom stereocenters. The van der Waals surface area contributed by atoms with E-state index in [1.54, 1.807) is 0 Å². The van der Waals surface area contributed by atoms with E-state index < -0.39 is 6.09 Å². The van der Waals surface area contributed by atoms with Gasteiger partial charge in [-0.15, -0.1) is 0 Å². The molecule has 2 amide bonds. The highest BCUT2D eigenvalue weighted by Gasteiger charge is 2.09. The van der Waals surface area contributed by atoms with E-state index in [9.17, 15) is 9.59 Å². The third-order valence-electron chi connectivity index (χ3n) is 1.58. The maximum absolute atomic E-state index is 10.3. The van der Waals surface area contributed by atoms with Gasteiger partial charge in [0.2, 0.25) is 0 Å². The van der Waals surface area contributed by atoms with E-state index in [1.807, 2.05) is 0 Å². The van der Waals surface area contributed by atoms with Gasteiger partial charge in [0.05, 0.1) is 0 Å². The summed E-state index contributed by atoms with van der Waals surface area (Å²) in [4.78, 5) is 20.9. The number of rotatable bonds is 6. The number of hydrogen-bond donors (Lipinski definition) is 1. The molecule has 0 aliphatic rings. The second kappa shape index (κ2) is 6.64. The van der Waals surface area contributed by atoms with Crippen LogP contribution in [0.4, 0.5) is 4.79 Å². The molecule has 4 nitrogen and oxygen atoms in total. The van der Waals surface area contributed by atoms with Gasteiger partial charge in [-0.2, -0.15) is 0 Å². The van der Waals surface area contributed by atoms with Crippen molar-refractivity contribution in [3.63, 3.8) is 0 Å². The summed E-state index contributed by atoms with van der Waals surface area (Å²) < 4.78 is 0. The molecule has 0 saturated heterocycles. The molecule has 0 aromatic heterocycles. The molecule has 0 rings (SSSR count). The standard InChI is InChI=1S/C8H14NO3/c1-2-3-4-5-6-9(7-10)8(11)12/h2-6H2,1H3,(H,11,12). The van der Waals surface area contributed by atoms with Gasteiger partial charge in [0, 0.05) is 6.54 Å². The molecule has 0 spiro atoms. The molecular weight excluding hydrogens is 158 g/mol. The lowest BCUT2D eigenvalue weighted by atomic mass is 10.2. The fraction of sp³-hybridized carbons (Fsp3) is 0.750. The molecule has 0 aromatic carbocycles. The van der Waals surface area contributed by atoms with Crippen LogP contribution in [0.3, 0.4) is 0 Å². The highest BCUT2D eigenvalue weighted by molar-refractivity contribution is 5.78. The molecule has 0 aliphatic carbocycles. The van der Waals surface area contributed by atoms with Gasteiger partial charge in [0.25, 0.3) is 0 Å². The van der Waals surface area contributed by atoms with Crippen LogP contribution in [0.1, 0.15) is 32.6 Å². The van der Waals surface area contributed by atoms with E-state index in [1.165, 1.54) is 6.41 Å². The molecule has 0 fully saturated rings. The summed E-state index contributed by atoms with van der Waals surface area (Å²) >= 11 is 0. The first-order valence-electron chi connectivity index (χ1n) is 4.10. The van der Waals surface area contributed by atoms with Crippen molar-refractivity contribution in [1.29, 1.82) is 0 Å². The van der Waals surface area contributed by atoms with E-state index in [2.05, 4.69) is 6.92 Å². The van der Waals surface area contributed by atoms with Gasteiger partial charge in [-0.1, -0.05) is 26.2 Å². The van der Waals surface area contributed by atoms with Crippen LogP contribution >= 0.6 is 0 Å². The quantitative estimate of drug-likeness (QED) is 0.489. The van der Waals surface area contributed by atoms with Crippen molar-refractivity contribution in [2.24, 2.45) is 0 Å². The molecule has 0 heterocycles. The van der Waals surface area contributed by atoms with Crippen LogP contribution in [0.25, 0.3) is 0 Å². The van der Waals surface area contributed by atoms with Gasteiger partial charge >= 0.3 is 12.5 Å². The zero-order chi connectivity index (χ0) is 9.40. The average molecular weight is 172 g/mol. The molecule has 1 N–H and O–H groups in total. The number of imide groups is 1. The zero-order valence-electron chi connectivity index (χ0n) is 7.25. The number of hydrogen-bond acceptors (Lipinski definition) is 2. The fourth-order valence-electron chi connectivity index (χ4n) is 0.877. The fourth-order valence-corrected chi connectivity index (χ4v) is 0.877. The minimum absolute atomic E-state index is 0.263. The van der Waals surface area contributed by atoms with Crippen molar-refractivity contribution in [3.05, 3.63) is 0 Å². The van der Waals surface area contributed by atoms with Crippen LogP contribution in [0.5, 0.6) is 0 Å². The molecular formula is C8H14NO3. The zero-order valence-corrected chi connectivity index (χ0v) is 7.25. The SMILES string of the molecule is CCCCCCN([C]=O)C(=O)O. The summed E-state index contributed by atoms with van der Waals surface area (Å²) in [7, 11) is 0. The Hall–Kier alpha value is -1.06. The summed E-state index contributed by atoms with van der Waals surface area (Å²) in [5.74, 6) is 0. The van der Waals surface area contributed by atoms with Crippen molar-refractivity contribution in [2.45, 2.75) is 32.6 Å². The normalized spacial score (nSPS) is 9.42. The minimum atomic E-state index is -1.22. The molecule has 0 bridgehead atoms. The number of carbonyl (C=O) groups is 1. The van der Waals surface area contributed by atoms with Crippen LogP contribution < -0.4 is 0 Å². The topological polar surface area (TPSA) is 57.6 Å². The smallest absolute Gasteiger partial charge is 0.414 e. The molecule has 0 saturated carbocycles. The average Bonchev–Trinajstić information content (AvgIpc) is 2.04. The van der Waals surface area contributed by atoms with Crippen LogP contribution in [-0.2, 0) is 4.79 Å². The number of nitrogens with zero attached hydrogens (tertiary/aromatic N) is 1. The van der Waals surface area contributed by atoms with Gasteiger partial charge in [0.1, 0.15) is 0 Å². The Morgan fingerprint density at radius 3 is 2.50 bits per heavy atom. The molecule has 0 aliphatic heterocycles. The Kier molecular flexibility index (Phi) is 6.05. The number of amides is 2. The molecule has 12 heavy (non-hydrogen) atoms. The Balaban J connectivity index is 3.45. The van der Waals surface area contributed by atoms with Crippen LogP contribution in [0.2, 0.25) is 0 Å².